The molecule has 60 valence electrons. The predicted octanol–water partition coefficient (Wildman–Crippen LogP) is 0.349. The summed E-state index contributed by atoms with van der Waals surface area (Å²) in [6.45, 7) is 2.38. The molecular formula is C8H13N3. The van der Waals surface area contributed by atoms with Crippen LogP contribution in [0.15, 0.2) is 18.2 Å². The minimum absolute atomic E-state index is 0.130. The first-order valence-corrected chi connectivity index (χ1v) is 3.63. The Morgan fingerprint density at radius 3 is 2.82 bits per heavy atom. The summed E-state index contributed by atoms with van der Waals surface area (Å²) in [4.78, 5) is 4.24. The number of hydrogen-bond donors (Lipinski definition) is 2. The smallest absolute Gasteiger partial charge is 0.0594 e. The molecule has 0 aromatic carbocycles. The molecule has 3 nitrogen and oxygen atoms in total. The maximum absolute atomic E-state index is 5.68. The van der Waals surface area contributed by atoms with E-state index in [2.05, 4.69) is 4.98 Å². The van der Waals surface area contributed by atoms with Crippen molar-refractivity contribution in [3.8, 4) is 0 Å². The summed E-state index contributed by atoms with van der Waals surface area (Å²) < 4.78 is 0. The van der Waals surface area contributed by atoms with Crippen molar-refractivity contribution in [2.45, 2.75) is 13.0 Å². The van der Waals surface area contributed by atoms with Gasteiger partial charge in [0, 0.05) is 12.2 Å². The normalized spacial score (nSPS) is 13.0. The Morgan fingerprint density at radius 1 is 1.55 bits per heavy atom. The first kappa shape index (κ1) is 8.17. The molecule has 0 aliphatic carbocycles. The third-order valence-corrected chi connectivity index (χ3v) is 1.54. The molecule has 0 amide bonds. The van der Waals surface area contributed by atoms with Crippen LogP contribution < -0.4 is 11.5 Å². The van der Waals surface area contributed by atoms with Crippen LogP contribution in [0, 0.1) is 6.92 Å². The highest BCUT2D eigenvalue weighted by Crippen LogP contribution is 2.05. The van der Waals surface area contributed by atoms with E-state index in [1.165, 1.54) is 0 Å². The molecule has 0 aliphatic heterocycles. The molecule has 3 heteroatoms. The standard InChI is InChI=1S/C8H13N3/c1-6-3-2-4-8(11-6)7(10)5-9/h2-4,7H,5,9-10H2,1H3. The SMILES string of the molecule is Cc1cccc(C(N)CN)n1. The van der Waals surface area contributed by atoms with Gasteiger partial charge >= 0.3 is 0 Å². The van der Waals surface area contributed by atoms with Crippen LogP contribution in [0.2, 0.25) is 0 Å². The van der Waals surface area contributed by atoms with E-state index in [4.69, 9.17) is 11.5 Å². The molecule has 11 heavy (non-hydrogen) atoms. The van der Waals surface area contributed by atoms with Gasteiger partial charge in [-0.1, -0.05) is 6.07 Å². The molecule has 0 spiro atoms. The van der Waals surface area contributed by atoms with Crippen molar-refractivity contribution >= 4 is 0 Å². The fraction of sp³-hybridized carbons (Fsp3) is 0.375. The van der Waals surface area contributed by atoms with Crippen molar-refractivity contribution < 1.29 is 0 Å². The highest BCUT2D eigenvalue weighted by atomic mass is 14.8. The molecule has 0 fully saturated rings. The third kappa shape index (κ3) is 2.00. The highest BCUT2D eigenvalue weighted by Gasteiger charge is 2.03. The fourth-order valence-corrected chi connectivity index (χ4v) is 0.891. The number of pyridine rings is 1. The summed E-state index contributed by atoms with van der Waals surface area (Å²) >= 11 is 0. The van der Waals surface area contributed by atoms with Crippen molar-refractivity contribution in [3.63, 3.8) is 0 Å². The number of nitrogens with zero attached hydrogens (tertiary/aromatic N) is 1. The largest absolute Gasteiger partial charge is 0.329 e. The molecule has 1 heterocycles. The number of hydrogen-bond acceptors (Lipinski definition) is 3. The van der Waals surface area contributed by atoms with Gasteiger partial charge in [0.15, 0.2) is 0 Å². The molecule has 0 saturated carbocycles. The van der Waals surface area contributed by atoms with E-state index >= 15 is 0 Å². The van der Waals surface area contributed by atoms with Crippen molar-refractivity contribution in [2.24, 2.45) is 11.5 Å². The van der Waals surface area contributed by atoms with Gasteiger partial charge < -0.3 is 11.5 Å². The summed E-state index contributed by atoms with van der Waals surface area (Å²) in [7, 11) is 0. The summed E-state index contributed by atoms with van der Waals surface area (Å²) in [6.07, 6.45) is 0. The summed E-state index contributed by atoms with van der Waals surface area (Å²) in [5.41, 5.74) is 12.9. The lowest BCUT2D eigenvalue weighted by atomic mass is 10.2. The molecule has 1 unspecified atom stereocenters. The van der Waals surface area contributed by atoms with Crippen LogP contribution in [-0.4, -0.2) is 11.5 Å². The molecule has 4 N–H and O–H groups in total. The van der Waals surface area contributed by atoms with Crippen LogP contribution in [0.3, 0.4) is 0 Å². The second-order valence-corrected chi connectivity index (χ2v) is 2.55. The molecule has 1 atom stereocenters. The Hall–Kier alpha value is -0.930. The van der Waals surface area contributed by atoms with E-state index in [0.29, 0.717) is 6.54 Å². The number of aromatic nitrogens is 1. The average molecular weight is 151 g/mol. The molecule has 0 saturated heterocycles. The van der Waals surface area contributed by atoms with Gasteiger partial charge in [-0.2, -0.15) is 0 Å². The second-order valence-electron chi connectivity index (χ2n) is 2.55. The Balaban J connectivity index is 2.86. The van der Waals surface area contributed by atoms with E-state index < -0.39 is 0 Å². The lowest BCUT2D eigenvalue weighted by Crippen LogP contribution is -2.21. The van der Waals surface area contributed by atoms with Crippen LogP contribution in [0.25, 0.3) is 0 Å². The molecule has 1 aromatic rings. The minimum atomic E-state index is -0.130. The first-order chi connectivity index (χ1) is 5.24. The monoisotopic (exact) mass is 151 g/mol. The molecule has 1 rings (SSSR count). The van der Waals surface area contributed by atoms with E-state index in [-0.39, 0.29) is 6.04 Å². The van der Waals surface area contributed by atoms with Gasteiger partial charge in [-0.25, -0.2) is 0 Å². The second kappa shape index (κ2) is 3.46. The maximum atomic E-state index is 5.68. The van der Waals surface area contributed by atoms with Gasteiger partial charge in [0.25, 0.3) is 0 Å². The predicted molar refractivity (Wildman–Crippen MR) is 45.0 cm³/mol. The van der Waals surface area contributed by atoms with Crippen LogP contribution in [0.5, 0.6) is 0 Å². The Kier molecular flexibility index (Phi) is 2.57. The number of nitrogens with two attached hydrogens (primary N) is 2. The zero-order chi connectivity index (χ0) is 8.27. The Labute approximate surface area is 66.4 Å². The van der Waals surface area contributed by atoms with Crippen LogP contribution in [-0.2, 0) is 0 Å². The van der Waals surface area contributed by atoms with Crippen LogP contribution in [0.1, 0.15) is 17.4 Å². The van der Waals surface area contributed by atoms with Crippen molar-refractivity contribution in [1.82, 2.24) is 4.98 Å². The summed E-state index contributed by atoms with van der Waals surface area (Å²) in [5.74, 6) is 0. The van der Waals surface area contributed by atoms with Gasteiger partial charge in [0.2, 0.25) is 0 Å². The van der Waals surface area contributed by atoms with E-state index in [1.807, 2.05) is 25.1 Å². The zero-order valence-electron chi connectivity index (χ0n) is 6.62. The van der Waals surface area contributed by atoms with Crippen LogP contribution >= 0.6 is 0 Å². The Bertz CT molecular complexity index is 235. The topological polar surface area (TPSA) is 64.9 Å². The van der Waals surface area contributed by atoms with E-state index in [0.717, 1.165) is 11.4 Å². The fourth-order valence-electron chi connectivity index (χ4n) is 0.891. The molecular weight excluding hydrogens is 138 g/mol. The van der Waals surface area contributed by atoms with Gasteiger partial charge in [0.05, 0.1) is 11.7 Å². The third-order valence-electron chi connectivity index (χ3n) is 1.54. The summed E-state index contributed by atoms with van der Waals surface area (Å²) in [5, 5.41) is 0. The van der Waals surface area contributed by atoms with Crippen LogP contribution in [0.4, 0.5) is 0 Å². The lowest BCUT2D eigenvalue weighted by molar-refractivity contribution is 0.708. The van der Waals surface area contributed by atoms with Gasteiger partial charge in [-0.15, -0.1) is 0 Å². The van der Waals surface area contributed by atoms with Gasteiger partial charge in [0.1, 0.15) is 0 Å². The highest BCUT2D eigenvalue weighted by molar-refractivity contribution is 5.13. The zero-order valence-corrected chi connectivity index (χ0v) is 6.62. The molecule has 0 aliphatic rings. The quantitative estimate of drug-likeness (QED) is 0.641. The maximum Gasteiger partial charge on any atom is 0.0594 e. The van der Waals surface area contributed by atoms with Crippen molar-refractivity contribution in [3.05, 3.63) is 29.6 Å². The molecule has 0 radical (unpaired) electrons. The molecule has 0 bridgehead atoms. The Morgan fingerprint density at radius 2 is 2.27 bits per heavy atom. The minimum Gasteiger partial charge on any atom is -0.329 e. The summed E-state index contributed by atoms with van der Waals surface area (Å²) in [6, 6.07) is 5.64. The number of rotatable bonds is 2. The van der Waals surface area contributed by atoms with E-state index in [9.17, 15) is 0 Å². The van der Waals surface area contributed by atoms with Gasteiger partial charge in [-0.05, 0) is 19.1 Å². The first-order valence-electron chi connectivity index (χ1n) is 3.63. The number of aryl methyl sites for hydroxylation is 1. The van der Waals surface area contributed by atoms with E-state index in [1.54, 1.807) is 0 Å². The van der Waals surface area contributed by atoms with Crippen molar-refractivity contribution in [2.75, 3.05) is 6.54 Å². The van der Waals surface area contributed by atoms with Gasteiger partial charge in [-0.3, -0.25) is 4.98 Å². The lowest BCUT2D eigenvalue weighted by Gasteiger charge is -2.07. The van der Waals surface area contributed by atoms with Crippen molar-refractivity contribution in [1.29, 1.82) is 0 Å². The average Bonchev–Trinajstić information content (AvgIpc) is 2.03. The molecule has 1 aromatic heterocycles.